The van der Waals surface area contributed by atoms with E-state index in [0.717, 1.165) is 17.6 Å². The molecule has 1 aromatic rings. The van der Waals surface area contributed by atoms with Gasteiger partial charge in [0, 0.05) is 5.33 Å². The van der Waals surface area contributed by atoms with Crippen molar-refractivity contribution in [3.05, 3.63) is 35.4 Å². The highest BCUT2D eigenvalue weighted by Crippen LogP contribution is 2.31. The van der Waals surface area contributed by atoms with Crippen LogP contribution in [0.4, 0.5) is 0 Å². The molecule has 0 saturated carbocycles. The maximum absolute atomic E-state index is 5.81. The molecule has 0 amide bonds. The lowest BCUT2D eigenvalue weighted by Crippen LogP contribution is -2.29. The third kappa shape index (κ3) is 3.19. The van der Waals surface area contributed by atoms with Crippen LogP contribution in [0.25, 0.3) is 0 Å². The minimum atomic E-state index is -0.166. The molecule has 0 aromatic heterocycles. The largest absolute Gasteiger partial charge is 0.478 e. The Bertz CT molecular complexity index is 474. The van der Waals surface area contributed by atoms with Gasteiger partial charge in [-0.2, -0.15) is 0 Å². The van der Waals surface area contributed by atoms with Crippen molar-refractivity contribution < 1.29 is 4.74 Å². The summed E-state index contributed by atoms with van der Waals surface area (Å²) in [7, 11) is 0. The molecule has 0 aliphatic carbocycles. The fraction of sp³-hybridized carbons (Fsp3) is 0.562. The van der Waals surface area contributed by atoms with Gasteiger partial charge in [-0.1, -0.05) is 40.2 Å². The smallest absolute Gasteiger partial charge is 0.194 e. The normalized spacial score (nSPS) is 18.1. The van der Waals surface area contributed by atoms with E-state index in [9.17, 15) is 0 Å². The van der Waals surface area contributed by atoms with Gasteiger partial charge in [0.2, 0.25) is 0 Å². The molecule has 1 heterocycles. The van der Waals surface area contributed by atoms with Gasteiger partial charge in [-0.25, -0.2) is 4.99 Å². The van der Waals surface area contributed by atoms with E-state index < -0.39 is 0 Å². The maximum atomic E-state index is 5.81. The van der Waals surface area contributed by atoms with Crippen molar-refractivity contribution in [3.63, 3.8) is 0 Å². The topological polar surface area (TPSA) is 21.6 Å². The Hall–Kier alpha value is -0.830. The second-order valence-corrected chi connectivity index (χ2v) is 7.07. The summed E-state index contributed by atoms with van der Waals surface area (Å²) >= 11 is 3.47. The van der Waals surface area contributed by atoms with E-state index >= 15 is 0 Å². The van der Waals surface area contributed by atoms with Gasteiger partial charge in [-0.05, 0) is 45.2 Å². The molecule has 3 heteroatoms. The number of nitrogens with zero attached hydrogens (tertiary/aromatic N) is 1. The van der Waals surface area contributed by atoms with Crippen molar-refractivity contribution in [2.75, 3.05) is 11.9 Å². The van der Waals surface area contributed by atoms with Crippen LogP contribution >= 0.6 is 15.9 Å². The molecule has 0 fully saturated rings. The molecule has 2 nitrogen and oxygen atoms in total. The molecule has 0 atom stereocenters. The summed E-state index contributed by atoms with van der Waals surface area (Å²) in [5, 5.41) is 1.000. The van der Waals surface area contributed by atoms with Crippen molar-refractivity contribution in [3.8, 4) is 0 Å². The zero-order valence-electron chi connectivity index (χ0n) is 12.2. The van der Waals surface area contributed by atoms with Crippen molar-refractivity contribution in [2.45, 2.75) is 45.1 Å². The average molecular weight is 324 g/mol. The van der Waals surface area contributed by atoms with Gasteiger partial charge in [-0.15, -0.1) is 0 Å². The first-order valence-corrected chi connectivity index (χ1v) is 7.86. The Balaban J connectivity index is 2.24. The van der Waals surface area contributed by atoms with E-state index in [1.165, 1.54) is 11.1 Å². The lowest BCUT2D eigenvalue weighted by Gasteiger charge is -2.24. The highest BCUT2D eigenvalue weighted by molar-refractivity contribution is 9.09. The first-order valence-electron chi connectivity index (χ1n) is 6.74. The van der Waals surface area contributed by atoms with Gasteiger partial charge in [0.15, 0.2) is 5.90 Å². The van der Waals surface area contributed by atoms with E-state index in [-0.39, 0.29) is 11.0 Å². The molecule has 0 radical (unpaired) electrons. The summed E-state index contributed by atoms with van der Waals surface area (Å²) in [5.74, 6) is 0.853. The highest BCUT2D eigenvalue weighted by Gasteiger charge is 2.36. The lowest BCUT2D eigenvalue weighted by molar-refractivity contribution is 0.263. The standard InChI is InChI=1S/C16H22BrNO/c1-15(2)11-19-14(18-15)16(3,4)13-7-5-12(6-8-13)9-10-17/h5-8H,9-11H2,1-4H3. The van der Waals surface area contributed by atoms with Crippen molar-refractivity contribution in [1.29, 1.82) is 0 Å². The van der Waals surface area contributed by atoms with E-state index in [2.05, 4.69) is 67.9 Å². The SMILES string of the molecule is CC1(C)COC(C(C)(C)c2ccc(CCBr)cc2)=N1. The first kappa shape index (κ1) is 14.6. The van der Waals surface area contributed by atoms with Crippen LogP contribution in [0.3, 0.4) is 0 Å². The van der Waals surface area contributed by atoms with Crippen molar-refractivity contribution >= 4 is 21.8 Å². The van der Waals surface area contributed by atoms with Crippen LogP contribution in [0, 0.1) is 0 Å². The predicted octanol–water partition coefficient (Wildman–Crippen LogP) is 4.11. The average Bonchev–Trinajstić information content (AvgIpc) is 2.71. The molecule has 1 aliphatic heterocycles. The summed E-state index contributed by atoms with van der Waals surface area (Å²) in [6.07, 6.45) is 1.06. The second-order valence-electron chi connectivity index (χ2n) is 6.28. The van der Waals surface area contributed by atoms with E-state index in [4.69, 9.17) is 9.73 Å². The molecule has 1 aliphatic rings. The number of alkyl halides is 1. The molecule has 2 rings (SSSR count). The number of hydrogen-bond acceptors (Lipinski definition) is 2. The quantitative estimate of drug-likeness (QED) is 0.764. The zero-order chi connectivity index (χ0) is 14.1. The number of benzene rings is 1. The van der Waals surface area contributed by atoms with Crippen LogP contribution in [0.2, 0.25) is 0 Å². The molecule has 19 heavy (non-hydrogen) atoms. The van der Waals surface area contributed by atoms with Gasteiger partial charge in [0.1, 0.15) is 6.61 Å². The highest BCUT2D eigenvalue weighted by atomic mass is 79.9. The summed E-state index contributed by atoms with van der Waals surface area (Å²) in [6, 6.07) is 8.77. The molecular formula is C16H22BrNO. The Kier molecular flexibility index (Phi) is 4.05. The lowest BCUT2D eigenvalue weighted by atomic mass is 9.84. The molecule has 0 unspecified atom stereocenters. The molecule has 1 aromatic carbocycles. The molecule has 0 spiro atoms. The Labute approximate surface area is 124 Å². The second kappa shape index (κ2) is 5.28. The first-order chi connectivity index (χ1) is 8.85. The van der Waals surface area contributed by atoms with Gasteiger partial charge >= 0.3 is 0 Å². The molecule has 0 bridgehead atoms. The zero-order valence-corrected chi connectivity index (χ0v) is 13.8. The van der Waals surface area contributed by atoms with Crippen LogP contribution < -0.4 is 0 Å². The van der Waals surface area contributed by atoms with Gasteiger partial charge < -0.3 is 4.74 Å². The number of rotatable bonds is 4. The number of aryl methyl sites for hydroxylation is 1. The van der Waals surface area contributed by atoms with Crippen molar-refractivity contribution in [2.24, 2.45) is 4.99 Å². The minimum Gasteiger partial charge on any atom is -0.478 e. The minimum absolute atomic E-state index is 0.0947. The molecule has 104 valence electrons. The summed E-state index contributed by atoms with van der Waals surface area (Å²) < 4.78 is 5.81. The summed E-state index contributed by atoms with van der Waals surface area (Å²) in [4.78, 5) is 4.71. The van der Waals surface area contributed by atoms with Gasteiger partial charge in [0.05, 0.1) is 11.0 Å². The Morgan fingerprint density at radius 2 is 1.89 bits per heavy atom. The third-order valence-corrected chi connectivity index (χ3v) is 3.96. The van der Waals surface area contributed by atoms with Gasteiger partial charge in [0.25, 0.3) is 0 Å². The number of hydrogen-bond donors (Lipinski definition) is 0. The number of ether oxygens (including phenoxy) is 1. The van der Waals surface area contributed by atoms with Crippen molar-refractivity contribution in [1.82, 2.24) is 0 Å². The Morgan fingerprint density at radius 1 is 1.26 bits per heavy atom. The summed E-state index contributed by atoms with van der Waals surface area (Å²) in [6.45, 7) is 9.23. The third-order valence-electron chi connectivity index (χ3n) is 3.56. The number of aliphatic imine (C=N–C) groups is 1. The van der Waals surface area contributed by atoms with Crippen LogP contribution in [0.1, 0.15) is 38.8 Å². The maximum Gasteiger partial charge on any atom is 0.194 e. The summed E-state index contributed by atoms with van der Waals surface area (Å²) in [5.41, 5.74) is 2.34. The van der Waals surface area contributed by atoms with Crippen LogP contribution in [-0.2, 0) is 16.6 Å². The fourth-order valence-electron chi connectivity index (χ4n) is 2.23. The van der Waals surface area contributed by atoms with Crippen LogP contribution in [-0.4, -0.2) is 23.4 Å². The molecule has 0 N–H and O–H groups in total. The monoisotopic (exact) mass is 323 g/mol. The van der Waals surface area contributed by atoms with Crippen LogP contribution in [0.5, 0.6) is 0 Å². The molecular weight excluding hydrogens is 302 g/mol. The van der Waals surface area contributed by atoms with E-state index in [0.29, 0.717) is 6.61 Å². The Morgan fingerprint density at radius 3 is 2.37 bits per heavy atom. The predicted molar refractivity (Wildman–Crippen MR) is 84.4 cm³/mol. The molecule has 0 saturated heterocycles. The number of halogens is 1. The van der Waals surface area contributed by atoms with E-state index in [1.54, 1.807) is 0 Å². The van der Waals surface area contributed by atoms with Crippen LogP contribution in [0.15, 0.2) is 29.3 Å². The van der Waals surface area contributed by atoms with Gasteiger partial charge in [-0.3, -0.25) is 0 Å². The fourth-order valence-corrected chi connectivity index (χ4v) is 2.68. The van der Waals surface area contributed by atoms with E-state index in [1.807, 2.05) is 0 Å².